The molecule has 0 radical (unpaired) electrons. The van der Waals surface area contributed by atoms with Crippen molar-refractivity contribution < 1.29 is 9.13 Å². The molecule has 0 aromatic heterocycles. The van der Waals surface area contributed by atoms with Crippen molar-refractivity contribution in [2.24, 2.45) is 5.73 Å². The van der Waals surface area contributed by atoms with Crippen LogP contribution in [0.1, 0.15) is 51.0 Å². The number of ether oxygens (including phenoxy) is 1. The van der Waals surface area contributed by atoms with E-state index in [1.165, 1.54) is 18.9 Å². The van der Waals surface area contributed by atoms with E-state index in [2.05, 4.69) is 15.9 Å². The molecule has 0 amide bonds. The predicted molar refractivity (Wildman–Crippen MR) is 87.8 cm³/mol. The lowest BCUT2D eigenvalue weighted by molar-refractivity contribution is -0.0684. The molecule has 1 fully saturated rings. The second-order valence-electron chi connectivity index (χ2n) is 5.96. The number of hydrogen-bond acceptors (Lipinski definition) is 2. The van der Waals surface area contributed by atoms with Gasteiger partial charge in [0.15, 0.2) is 0 Å². The van der Waals surface area contributed by atoms with Crippen LogP contribution in [0.5, 0.6) is 0 Å². The summed E-state index contributed by atoms with van der Waals surface area (Å²) in [6.45, 7) is 2.67. The maximum Gasteiger partial charge on any atom is 0.126 e. The summed E-state index contributed by atoms with van der Waals surface area (Å²) in [4.78, 5) is 0. The normalized spacial score (nSPS) is 20.0. The average Bonchev–Trinajstić information content (AvgIpc) is 2.70. The first kappa shape index (κ1) is 16.9. The van der Waals surface area contributed by atoms with Crippen molar-refractivity contribution in [1.82, 2.24) is 0 Å². The molecule has 0 bridgehead atoms. The highest BCUT2D eigenvalue weighted by molar-refractivity contribution is 9.10. The highest BCUT2D eigenvalue weighted by atomic mass is 79.9. The first-order valence-electron chi connectivity index (χ1n) is 7.91. The summed E-state index contributed by atoms with van der Waals surface area (Å²) in [7, 11) is 0. The van der Waals surface area contributed by atoms with Gasteiger partial charge in [0.1, 0.15) is 5.82 Å². The second kappa shape index (κ2) is 7.70. The number of rotatable bonds is 5. The summed E-state index contributed by atoms with van der Waals surface area (Å²) in [6.07, 6.45) is 7.27. The highest BCUT2D eigenvalue weighted by Crippen LogP contribution is 2.34. The van der Waals surface area contributed by atoms with Crippen LogP contribution in [0.2, 0.25) is 0 Å². The monoisotopic (exact) mass is 357 g/mol. The smallest absolute Gasteiger partial charge is 0.126 e. The third-order valence-electron chi connectivity index (χ3n) is 4.51. The van der Waals surface area contributed by atoms with E-state index in [1.54, 1.807) is 6.07 Å². The van der Waals surface area contributed by atoms with E-state index in [9.17, 15) is 4.39 Å². The van der Waals surface area contributed by atoms with E-state index < -0.39 is 0 Å². The van der Waals surface area contributed by atoms with Gasteiger partial charge in [0.05, 0.1) is 5.60 Å². The molecule has 4 heteroatoms. The van der Waals surface area contributed by atoms with Crippen LogP contribution in [-0.2, 0) is 11.2 Å². The zero-order chi connectivity index (χ0) is 15.3. The van der Waals surface area contributed by atoms with Crippen LogP contribution in [-0.4, -0.2) is 18.2 Å². The molecule has 1 aliphatic carbocycles. The van der Waals surface area contributed by atoms with Gasteiger partial charge in [-0.3, -0.25) is 0 Å². The lowest BCUT2D eigenvalue weighted by atomic mass is 9.83. The standard InChI is InChI=1S/C17H25BrFNO/c1-2-21-17(9-5-3-4-6-10-17)16(20)12-13-11-14(18)7-8-15(13)19/h7-8,11,16H,2-6,9-10,12,20H2,1H3. The molecule has 1 saturated carbocycles. The van der Waals surface area contributed by atoms with Crippen molar-refractivity contribution in [3.05, 3.63) is 34.1 Å². The Morgan fingerprint density at radius 2 is 1.95 bits per heavy atom. The molecule has 2 N–H and O–H groups in total. The Labute approximate surface area is 135 Å². The Kier molecular flexibility index (Phi) is 6.20. The van der Waals surface area contributed by atoms with Crippen LogP contribution < -0.4 is 5.73 Å². The van der Waals surface area contributed by atoms with Crippen molar-refractivity contribution in [2.75, 3.05) is 6.61 Å². The Bertz CT molecular complexity index is 458. The molecule has 2 nitrogen and oxygen atoms in total. The summed E-state index contributed by atoms with van der Waals surface area (Å²) in [5, 5.41) is 0. The lowest BCUT2D eigenvalue weighted by Gasteiger charge is -2.38. The van der Waals surface area contributed by atoms with Crippen molar-refractivity contribution in [2.45, 2.75) is 63.5 Å². The van der Waals surface area contributed by atoms with Crippen molar-refractivity contribution >= 4 is 15.9 Å². The van der Waals surface area contributed by atoms with E-state index in [0.29, 0.717) is 18.6 Å². The Morgan fingerprint density at radius 3 is 2.57 bits per heavy atom. The minimum Gasteiger partial charge on any atom is -0.374 e. The molecule has 1 aliphatic rings. The van der Waals surface area contributed by atoms with Gasteiger partial charge in [-0.2, -0.15) is 0 Å². The molecule has 2 rings (SSSR count). The van der Waals surface area contributed by atoms with Crippen molar-refractivity contribution in [3.63, 3.8) is 0 Å². The van der Waals surface area contributed by atoms with Crippen LogP contribution in [0.3, 0.4) is 0 Å². The van der Waals surface area contributed by atoms with Gasteiger partial charge in [-0.1, -0.05) is 41.6 Å². The minimum atomic E-state index is -0.292. The zero-order valence-electron chi connectivity index (χ0n) is 12.7. The molecule has 0 saturated heterocycles. The van der Waals surface area contributed by atoms with Gasteiger partial charge in [0.25, 0.3) is 0 Å². The molecule has 0 aliphatic heterocycles. The summed E-state index contributed by atoms with van der Waals surface area (Å²) in [6, 6.07) is 4.87. The second-order valence-corrected chi connectivity index (χ2v) is 6.87. The number of hydrogen-bond donors (Lipinski definition) is 1. The number of benzene rings is 1. The maximum atomic E-state index is 14.0. The van der Waals surface area contributed by atoms with E-state index >= 15 is 0 Å². The van der Waals surface area contributed by atoms with Gasteiger partial charge >= 0.3 is 0 Å². The zero-order valence-corrected chi connectivity index (χ0v) is 14.3. The molecule has 1 unspecified atom stereocenters. The van der Waals surface area contributed by atoms with Crippen LogP contribution >= 0.6 is 15.9 Å². The van der Waals surface area contributed by atoms with Crippen LogP contribution in [0.25, 0.3) is 0 Å². The first-order valence-corrected chi connectivity index (χ1v) is 8.70. The van der Waals surface area contributed by atoms with Gasteiger partial charge in [0, 0.05) is 17.1 Å². The van der Waals surface area contributed by atoms with E-state index in [1.807, 2.05) is 13.0 Å². The SMILES string of the molecule is CCOC1(C(N)Cc2cc(Br)ccc2F)CCCCCC1. The van der Waals surface area contributed by atoms with Crippen LogP contribution in [0.15, 0.2) is 22.7 Å². The highest BCUT2D eigenvalue weighted by Gasteiger charge is 2.38. The van der Waals surface area contributed by atoms with Crippen molar-refractivity contribution in [1.29, 1.82) is 0 Å². The van der Waals surface area contributed by atoms with Crippen LogP contribution in [0, 0.1) is 5.82 Å². The molecular formula is C17H25BrFNO. The van der Waals surface area contributed by atoms with E-state index in [4.69, 9.17) is 10.5 Å². The Balaban J connectivity index is 2.17. The van der Waals surface area contributed by atoms with E-state index in [0.717, 1.165) is 30.2 Å². The van der Waals surface area contributed by atoms with Gasteiger partial charge in [-0.25, -0.2) is 4.39 Å². The lowest BCUT2D eigenvalue weighted by Crippen LogP contribution is -2.51. The van der Waals surface area contributed by atoms with Gasteiger partial charge in [-0.15, -0.1) is 0 Å². The van der Waals surface area contributed by atoms with Gasteiger partial charge < -0.3 is 10.5 Å². The average molecular weight is 358 g/mol. The fourth-order valence-electron chi connectivity index (χ4n) is 3.36. The molecule has 0 heterocycles. The molecule has 1 aromatic rings. The molecule has 21 heavy (non-hydrogen) atoms. The Hall–Kier alpha value is -0.450. The summed E-state index contributed by atoms with van der Waals surface area (Å²) < 4.78 is 21.0. The number of halogens is 2. The van der Waals surface area contributed by atoms with Crippen molar-refractivity contribution in [3.8, 4) is 0 Å². The fourth-order valence-corrected chi connectivity index (χ4v) is 3.77. The van der Waals surface area contributed by atoms with Crippen LogP contribution in [0.4, 0.5) is 4.39 Å². The number of nitrogens with two attached hydrogens (primary N) is 1. The maximum absolute atomic E-state index is 14.0. The fraction of sp³-hybridized carbons (Fsp3) is 0.647. The first-order chi connectivity index (χ1) is 10.1. The third kappa shape index (κ3) is 4.27. The summed E-state index contributed by atoms with van der Waals surface area (Å²) >= 11 is 3.40. The minimum absolute atomic E-state index is 0.167. The molecule has 118 valence electrons. The quantitative estimate of drug-likeness (QED) is 0.782. The molecule has 0 spiro atoms. The third-order valence-corrected chi connectivity index (χ3v) is 5.00. The Morgan fingerprint density at radius 1 is 1.29 bits per heavy atom. The summed E-state index contributed by atoms with van der Waals surface area (Å²) in [5.41, 5.74) is 6.86. The molecular weight excluding hydrogens is 333 g/mol. The summed E-state index contributed by atoms with van der Waals surface area (Å²) in [5.74, 6) is -0.186. The van der Waals surface area contributed by atoms with Gasteiger partial charge in [-0.05, 0) is 49.9 Å². The van der Waals surface area contributed by atoms with Gasteiger partial charge in [0.2, 0.25) is 0 Å². The van der Waals surface area contributed by atoms with E-state index in [-0.39, 0.29) is 17.5 Å². The molecule has 1 aromatic carbocycles. The topological polar surface area (TPSA) is 35.2 Å². The molecule has 1 atom stereocenters. The predicted octanol–water partition coefficient (Wildman–Crippen LogP) is 4.59. The largest absolute Gasteiger partial charge is 0.374 e.